The zero-order valence-corrected chi connectivity index (χ0v) is 18.6. The van der Waals surface area contributed by atoms with E-state index < -0.39 is 5.91 Å². The van der Waals surface area contributed by atoms with Crippen LogP contribution in [-0.2, 0) is 17.9 Å². The zero-order valence-electron chi connectivity index (χ0n) is 16.2. The molecule has 1 aromatic heterocycles. The molecule has 0 bridgehead atoms. The van der Waals surface area contributed by atoms with Crippen LogP contribution in [0.5, 0.6) is 5.75 Å². The number of nitrogens with one attached hydrogen (secondary N) is 1. The average molecular weight is 490 g/mol. The van der Waals surface area contributed by atoms with Crippen LogP contribution in [0.3, 0.4) is 0 Å². The summed E-state index contributed by atoms with van der Waals surface area (Å²) < 4.78 is 8.64. The van der Waals surface area contributed by atoms with E-state index in [0.717, 1.165) is 10.2 Å². The number of ether oxygens (including phenoxy) is 1. The topological polar surface area (TPSA) is 112 Å². The monoisotopic (exact) mass is 489 g/mol. The van der Waals surface area contributed by atoms with Crippen LogP contribution >= 0.6 is 27.7 Å². The number of carbonyl (C=O) groups excluding carboxylic acids is 2. The summed E-state index contributed by atoms with van der Waals surface area (Å²) in [5, 5.41) is 11.7. The van der Waals surface area contributed by atoms with Crippen LogP contribution in [0.4, 0.5) is 5.69 Å². The van der Waals surface area contributed by atoms with Crippen LogP contribution in [0.15, 0.2) is 58.2 Å². The number of benzene rings is 2. The summed E-state index contributed by atoms with van der Waals surface area (Å²) in [5.41, 5.74) is 5.99. The Morgan fingerprint density at radius 3 is 2.60 bits per heavy atom. The molecule has 3 aromatic rings. The number of halogens is 1. The molecule has 0 aliphatic rings. The van der Waals surface area contributed by atoms with Gasteiger partial charge in [-0.05, 0) is 43.3 Å². The average Bonchev–Trinajstić information content (AvgIpc) is 3.14. The maximum Gasteiger partial charge on any atom is 0.250 e. The molecule has 1 heterocycles. The van der Waals surface area contributed by atoms with Crippen LogP contribution < -0.4 is 15.8 Å². The van der Waals surface area contributed by atoms with Crippen LogP contribution in [-0.4, -0.2) is 32.3 Å². The van der Waals surface area contributed by atoms with Crippen molar-refractivity contribution in [3.8, 4) is 5.75 Å². The summed E-state index contributed by atoms with van der Waals surface area (Å²) in [6, 6.07) is 14.1. The summed E-state index contributed by atoms with van der Waals surface area (Å²) in [7, 11) is 0. The molecular weight excluding hydrogens is 470 g/mol. The van der Waals surface area contributed by atoms with Crippen molar-refractivity contribution in [2.24, 2.45) is 5.73 Å². The molecule has 0 radical (unpaired) electrons. The van der Waals surface area contributed by atoms with E-state index in [4.69, 9.17) is 10.5 Å². The van der Waals surface area contributed by atoms with Crippen LogP contribution in [0, 0.1) is 0 Å². The molecule has 0 saturated carbocycles. The largest absolute Gasteiger partial charge is 0.486 e. The van der Waals surface area contributed by atoms with E-state index in [9.17, 15) is 9.59 Å². The number of primary amides is 1. The minimum Gasteiger partial charge on any atom is -0.486 e. The van der Waals surface area contributed by atoms with E-state index in [1.54, 1.807) is 24.3 Å². The highest BCUT2D eigenvalue weighted by Crippen LogP contribution is 2.21. The Hall–Kier alpha value is -2.85. The molecule has 0 aliphatic heterocycles. The minimum atomic E-state index is -0.598. The predicted octanol–water partition coefficient (Wildman–Crippen LogP) is 3.47. The van der Waals surface area contributed by atoms with Gasteiger partial charge in [0.25, 0.3) is 5.91 Å². The van der Waals surface area contributed by atoms with Gasteiger partial charge in [-0.3, -0.25) is 9.59 Å². The molecule has 0 spiro atoms. The van der Waals surface area contributed by atoms with Crippen molar-refractivity contribution in [2.75, 3.05) is 11.1 Å². The number of thioether (sulfide) groups is 1. The second-order valence-electron chi connectivity index (χ2n) is 6.13. The van der Waals surface area contributed by atoms with Gasteiger partial charge < -0.3 is 20.4 Å². The Morgan fingerprint density at radius 2 is 1.90 bits per heavy atom. The molecule has 3 rings (SSSR count). The van der Waals surface area contributed by atoms with Crippen molar-refractivity contribution in [1.29, 1.82) is 0 Å². The molecule has 0 saturated heterocycles. The number of nitrogens with zero attached hydrogens (tertiary/aromatic N) is 3. The standard InChI is InChI=1S/C20H20BrN5O3S/c1-2-26-17(11-29-14-9-7-13(21)8-10-14)24-25-20(26)30-12-18(27)23-16-6-4-3-5-15(16)19(22)28/h3-10H,2,11-12H2,1H3,(H2,22,28)(H,23,27). The Balaban J connectivity index is 1.60. The molecule has 2 amide bonds. The Kier molecular flexibility index (Phi) is 7.47. The molecule has 10 heteroatoms. The van der Waals surface area contributed by atoms with Gasteiger partial charge in [0.15, 0.2) is 11.0 Å². The van der Waals surface area contributed by atoms with E-state index >= 15 is 0 Å². The lowest BCUT2D eigenvalue weighted by Crippen LogP contribution is -2.19. The third kappa shape index (κ3) is 5.61. The highest BCUT2D eigenvalue weighted by Gasteiger charge is 2.15. The van der Waals surface area contributed by atoms with Crippen LogP contribution in [0.25, 0.3) is 0 Å². The summed E-state index contributed by atoms with van der Waals surface area (Å²) in [6.07, 6.45) is 0. The first-order valence-corrected chi connectivity index (χ1v) is 10.9. The zero-order chi connectivity index (χ0) is 21.5. The van der Waals surface area contributed by atoms with E-state index in [0.29, 0.717) is 23.2 Å². The second-order valence-corrected chi connectivity index (χ2v) is 7.99. The Labute approximate surface area is 186 Å². The molecule has 3 N–H and O–H groups in total. The lowest BCUT2D eigenvalue weighted by Gasteiger charge is -2.10. The molecule has 0 atom stereocenters. The van der Waals surface area contributed by atoms with Crippen molar-refractivity contribution in [3.05, 3.63) is 64.4 Å². The molecule has 0 aliphatic carbocycles. The van der Waals surface area contributed by atoms with E-state index in [2.05, 4.69) is 31.4 Å². The van der Waals surface area contributed by atoms with Gasteiger partial charge in [-0.15, -0.1) is 10.2 Å². The molecule has 2 aromatic carbocycles. The number of aromatic nitrogens is 3. The van der Waals surface area contributed by atoms with Crippen LogP contribution in [0.2, 0.25) is 0 Å². The van der Waals surface area contributed by atoms with Crippen molar-refractivity contribution in [1.82, 2.24) is 14.8 Å². The maximum atomic E-state index is 12.3. The third-order valence-electron chi connectivity index (χ3n) is 4.09. The SMILES string of the molecule is CCn1c(COc2ccc(Br)cc2)nnc1SCC(=O)Nc1ccccc1C(N)=O. The van der Waals surface area contributed by atoms with Gasteiger partial charge in [-0.25, -0.2) is 0 Å². The fourth-order valence-corrected chi connectivity index (χ4v) is 3.74. The van der Waals surface area contributed by atoms with Gasteiger partial charge in [0.05, 0.1) is 17.0 Å². The van der Waals surface area contributed by atoms with Gasteiger partial charge in [-0.2, -0.15) is 0 Å². The van der Waals surface area contributed by atoms with Crippen LogP contribution in [0.1, 0.15) is 23.1 Å². The first-order valence-electron chi connectivity index (χ1n) is 9.10. The summed E-state index contributed by atoms with van der Waals surface area (Å²) >= 11 is 4.64. The molecule has 30 heavy (non-hydrogen) atoms. The highest BCUT2D eigenvalue weighted by molar-refractivity contribution is 9.10. The van der Waals surface area contributed by atoms with E-state index in [-0.39, 0.29) is 23.8 Å². The predicted molar refractivity (Wildman–Crippen MR) is 118 cm³/mol. The molecule has 0 fully saturated rings. The van der Waals surface area contributed by atoms with Crippen molar-refractivity contribution in [3.63, 3.8) is 0 Å². The van der Waals surface area contributed by atoms with Gasteiger partial charge >= 0.3 is 0 Å². The van der Waals surface area contributed by atoms with Gasteiger partial charge in [0, 0.05) is 11.0 Å². The molecule has 8 nitrogen and oxygen atoms in total. The van der Waals surface area contributed by atoms with Gasteiger partial charge in [-0.1, -0.05) is 39.8 Å². The maximum absolute atomic E-state index is 12.3. The van der Waals surface area contributed by atoms with Crippen molar-refractivity contribution >= 4 is 45.2 Å². The van der Waals surface area contributed by atoms with Gasteiger partial charge in [0.1, 0.15) is 12.4 Å². The first kappa shape index (κ1) is 21.8. The van der Waals surface area contributed by atoms with Crippen molar-refractivity contribution < 1.29 is 14.3 Å². The molecule has 156 valence electrons. The normalized spacial score (nSPS) is 10.6. The number of carbonyl (C=O) groups is 2. The number of amides is 2. The van der Waals surface area contributed by atoms with Crippen molar-refractivity contribution in [2.45, 2.75) is 25.2 Å². The number of hydrogen-bond donors (Lipinski definition) is 2. The quantitative estimate of drug-likeness (QED) is 0.445. The summed E-state index contributed by atoms with van der Waals surface area (Å²) in [6.45, 7) is 2.88. The smallest absolute Gasteiger partial charge is 0.250 e. The second kappa shape index (κ2) is 10.3. The summed E-state index contributed by atoms with van der Waals surface area (Å²) in [4.78, 5) is 23.8. The fraction of sp³-hybridized carbons (Fsp3) is 0.200. The number of nitrogens with two attached hydrogens (primary N) is 1. The number of anilines is 1. The number of hydrogen-bond acceptors (Lipinski definition) is 6. The van der Waals surface area contributed by atoms with Gasteiger partial charge in [0.2, 0.25) is 5.91 Å². The summed E-state index contributed by atoms with van der Waals surface area (Å²) in [5.74, 6) is 0.637. The van der Waals surface area contributed by atoms with E-state index in [1.165, 1.54) is 11.8 Å². The lowest BCUT2D eigenvalue weighted by atomic mass is 10.1. The number of para-hydroxylation sites is 1. The van der Waals surface area contributed by atoms with E-state index in [1.807, 2.05) is 35.8 Å². The molecule has 0 unspecified atom stereocenters. The highest BCUT2D eigenvalue weighted by atomic mass is 79.9. The molecular formula is C20H20BrN5O3S. The third-order valence-corrected chi connectivity index (χ3v) is 5.59. The number of rotatable bonds is 9. The first-order chi connectivity index (χ1) is 14.5. The lowest BCUT2D eigenvalue weighted by molar-refractivity contribution is -0.113. The fourth-order valence-electron chi connectivity index (χ4n) is 2.65. The minimum absolute atomic E-state index is 0.110. The Bertz CT molecular complexity index is 1040. The Morgan fingerprint density at radius 1 is 1.17 bits per heavy atom.